The largest absolute Gasteiger partial charge is 0.501 e. The van der Waals surface area contributed by atoms with E-state index in [-0.39, 0.29) is 6.04 Å². The molecule has 0 radical (unpaired) electrons. The average molecular weight is 193 g/mol. The monoisotopic (exact) mass is 193 g/mol. The van der Waals surface area contributed by atoms with Crippen LogP contribution in [0.1, 0.15) is 24.6 Å². The smallest absolute Gasteiger partial charge is 0.0876 e. The van der Waals surface area contributed by atoms with Crippen LogP contribution in [0.25, 0.3) is 0 Å². The van der Waals surface area contributed by atoms with Crippen molar-refractivity contribution in [3.05, 3.63) is 29.8 Å². The molecule has 1 aliphatic rings. The summed E-state index contributed by atoms with van der Waals surface area (Å²) in [5.41, 5.74) is 8.10. The predicted octanol–water partition coefficient (Wildman–Crippen LogP) is 1.11. The van der Waals surface area contributed by atoms with Crippen LogP contribution in [0.15, 0.2) is 24.1 Å². The number of aromatic nitrogens is 2. The van der Waals surface area contributed by atoms with Crippen LogP contribution >= 0.6 is 0 Å². The zero-order valence-electron chi connectivity index (χ0n) is 8.31. The quantitative estimate of drug-likeness (QED) is 0.765. The van der Waals surface area contributed by atoms with Crippen molar-refractivity contribution in [2.24, 2.45) is 12.8 Å². The normalized spacial score (nSPS) is 18.6. The molecule has 2 rings (SSSR count). The zero-order chi connectivity index (χ0) is 9.97. The van der Waals surface area contributed by atoms with E-state index in [0.717, 1.165) is 30.7 Å². The fourth-order valence-electron chi connectivity index (χ4n) is 1.60. The van der Waals surface area contributed by atoms with Gasteiger partial charge in [-0.3, -0.25) is 4.68 Å². The van der Waals surface area contributed by atoms with Gasteiger partial charge in [-0.25, -0.2) is 0 Å². The average Bonchev–Trinajstić information content (AvgIpc) is 2.65. The molecule has 1 aliphatic heterocycles. The second kappa shape index (κ2) is 3.84. The first-order valence-electron chi connectivity index (χ1n) is 4.83. The van der Waals surface area contributed by atoms with Crippen LogP contribution < -0.4 is 5.73 Å². The summed E-state index contributed by atoms with van der Waals surface area (Å²) >= 11 is 0. The van der Waals surface area contributed by atoms with Gasteiger partial charge in [0.05, 0.1) is 24.6 Å². The Morgan fingerprint density at radius 2 is 2.50 bits per heavy atom. The highest BCUT2D eigenvalue weighted by Crippen LogP contribution is 2.23. The number of rotatable bonds is 2. The molecule has 0 fully saturated rings. The first-order valence-corrected chi connectivity index (χ1v) is 4.83. The minimum Gasteiger partial charge on any atom is -0.501 e. The van der Waals surface area contributed by atoms with Crippen molar-refractivity contribution in [1.82, 2.24) is 9.78 Å². The van der Waals surface area contributed by atoms with Crippen molar-refractivity contribution in [1.29, 1.82) is 0 Å². The van der Waals surface area contributed by atoms with Gasteiger partial charge >= 0.3 is 0 Å². The molecular formula is C10H15N3O. The van der Waals surface area contributed by atoms with Crippen LogP contribution in [-0.4, -0.2) is 16.4 Å². The topological polar surface area (TPSA) is 53.1 Å². The first-order chi connectivity index (χ1) is 6.77. The highest BCUT2D eigenvalue weighted by Gasteiger charge is 2.16. The van der Waals surface area contributed by atoms with Gasteiger partial charge < -0.3 is 10.5 Å². The van der Waals surface area contributed by atoms with E-state index in [1.54, 1.807) is 10.9 Å². The molecule has 0 bridgehead atoms. The summed E-state index contributed by atoms with van der Waals surface area (Å²) in [6.07, 6.45) is 5.74. The van der Waals surface area contributed by atoms with Gasteiger partial charge in [0, 0.05) is 13.2 Å². The Balaban J connectivity index is 2.14. The Bertz CT molecular complexity index is 343. The second-order valence-electron chi connectivity index (χ2n) is 3.56. The Labute approximate surface area is 83.4 Å². The molecule has 4 heteroatoms. The minimum absolute atomic E-state index is 0.114. The van der Waals surface area contributed by atoms with Crippen LogP contribution in [0.2, 0.25) is 0 Å². The molecule has 14 heavy (non-hydrogen) atoms. The molecule has 4 nitrogen and oxygen atoms in total. The summed E-state index contributed by atoms with van der Waals surface area (Å²) in [7, 11) is 1.89. The number of nitrogens with two attached hydrogens (primary N) is 1. The number of aryl methyl sites for hydroxylation is 1. The molecule has 1 aromatic rings. The molecular weight excluding hydrogens is 178 g/mol. The van der Waals surface area contributed by atoms with Crippen molar-refractivity contribution in [3.8, 4) is 0 Å². The lowest BCUT2D eigenvalue weighted by Crippen LogP contribution is -2.17. The molecule has 0 spiro atoms. The van der Waals surface area contributed by atoms with Gasteiger partial charge in [0.15, 0.2) is 0 Å². The van der Waals surface area contributed by atoms with Gasteiger partial charge in [-0.05, 0) is 24.5 Å². The minimum atomic E-state index is -0.114. The lowest BCUT2D eigenvalue weighted by molar-refractivity contribution is 0.221. The molecule has 0 amide bonds. The Kier molecular flexibility index (Phi) is 2.54. The van der Waals surface area contributed by atoms with Gasteiger partial charge in [0.25, 0.3) is 0 Å². The van der Waals surface area contributed by atoms with E-state index in [0.29, 0.717) is 0 Å². The standard InChI is InChI=1S/C10H15N3O/c1-13-5-4-9(12-13)10(11)8-3-2-6-14-7-8/h4-5,7,10H,2-3,6,11H2,1H3. The molecule has 0 aromatic carbocycles. The van der Waals surface area contributed by atoms with E-state index in [2.05, 4.69) is 5.10 Å². The third kappa shape index (κ3) is 1.80. The lowest BCUT2D eigenvalue weighted by atomic mass is 10.0. The Hall–Kier alpha value is -1.29. The molecule has 2 N–H and O–H groups in total. The molecule has 76 valence electrons. The summed E-state index contributed by atoms with van der Waals surface area (Å²) in [6, 6.07) is 1.83. The maximum absolute atomic E-state index is 6.06. The molecule has 0 saturated carbocycles. The molecule has 1 atom stereocenters. The van der Waals surface area contributed by atoms with E-state index in [1.807, 2.05) is 19.3 Å². The molecule has 2 heterocycles. The van der Waals surface area contributed by atoms with Crippen molar-refractivity contribution < 1.29 is 4.74 Å². The number of ether oxygens (including phenoxy) is 1. The van der Waals surface area contributed by atoms with E-state index in [1.165, 1.54) is 0 Å². The third-order valence-electron chi connectivity index (χ3n) is 2.41. The summed E-state index contributed by atoms with van der Waals surface area (Å²) in [5.74, 6) is 0. The predicted molar refractivity (Wildman–Crippen MR) is 53.4 cm³/mol. The van der Waals surface area contributed by atoms with Crippen LogP contribution in [0.4, 0.5) is 0 Å². The number of nitrogens with zero attached hydrogens (tertiary/aromatic N) is 2. The summed E-state index contributed by atoms with van der Waals surface area (Å²) in [5, 5.41) is 4.28. The van der Waals surface area contributed by atoms with Gasteiger partial charge in [0.2, 0.25) is 0 Å². The summed E-state index contributed by atoms with van der Waals surface area (Å²) in [4.78, 5) is 0. The summed E-state index contributed by atoms with van der Waals surface area (Å²) in [6.45, 7) is 0.804. The number of hydrogen-bond acceptors (Lipinski definition) is 3. The molecule has 1 aromatic heterocycles. The third-order valence-corrected chi connectivity index (χ3v) is 2.41. The number of hydrogen-bond donors (Lipinski definition) is 1. The molecule has 0 aliphatic carbocycles. The van der Waals surface area contributed by atoms with Crippen LogP contribution in [0, 0.1) is 0 Å². The van der Waals surface area contributed by atoms with Crippen LogP contribution in [-0.2, 0) is 11.8 Å². The first kappa shape index (κ1) is 9.27. The fraction of sp³-hybridized carbons (Fsp3) is 0.500. The van der Waals surface area contributed by atoms with Crippen molar-refractivity contribution in [3.63, 3.8) is 0 Å². The van der Waals surface area contributed by atoms with Gasteiger partial charge in [-0.2, -0.15) is 5.10 Å². The van der Waals surface area contributed by atoms with E-state index >= 15 is 0 Å². The second-order valence-corrected chi connectivity index (χ2v) is 3.56. The SMILES string of the molecule is Cn1ccc(C(N)C2=COCCC2)n1. The Morgan fingerprint density at radius 1 is 1.64 bits per heavy atom. The maximum atomic E-state index is 6.06. The highest BCUT2D eigenvalue weighted by atomic mass is 16.5. The Morgan fingerprint density at radius 3 is 3.07 bits per heavy atom. The van der Waals surface area contributed by atoms with Crippen molar-refractivity contribution in [2.45, 2.75) is 18.9 Å². The lowest BCUT2D eigenvalue weighted by Gasteiger charge is -2.18. The van der Waals surface area contributed by atoms with Crippen LogP contribution in [0.5, 0.6) is 0 Å². The van der Waals surface area contributed by atoms with Gasteiger partial charge in [-0.1, -0.05) is 0 Å². The highest BCUT2D eigenvalue weighted by molar-refractivity contribution is 5.20. The zero-order valence-corrected chi connectivity index (χ0v) is 8.31. The van der Waals surface area contributed by atoms with Crippen molar-refractivity contribution in [2.75, 3.05) is 6.61 Å². The fourth-order valence-corrected chi connectivity index (χ4v) is 1.60. The van der Waals surface area contributed by atoms with Gasteiger partial charge in [0.1, 0.15) is 0 Å². The molecule has 0 saturated heterocycles. The van der Waals surface area contributed by atoms with E-state index < -0.39 is 0 Å². The van der Waals surface area contributed by atoms with Gasteiger partial charge in [-0.15, -0.1) is 0 Å². The van der Waals surface area contributed by atoms with Crippen LogP contribution in [0.3, 0.4) is 0 Å². The van der Waals surface area contributed by atoms with Crippen molar-refractivity contribution >= 4 is 0 Å². The van der Waals surface area contributed by atoms with E-state index in [4.69, 9.17) is 10.5 Å². The van der Waals surface area contributed by atoms with E-state index in [9.17, 15) is 0 Å². The molecule has 1 unspecified atom stereocenters. The maximum Gasteiger partial charge on any atom is 0.0876 e. The summed E-state index contributed by atoms with van der Waals surface area (Å²) < 4.78 is 7.02.